The normalized spacial score (nSPS) is 34.7. The van der Waals surface area contributed by atoms with Gasteiger partial charge in [-0.2, -0.15) is 0 Å². The summed E-state index contributed by atoms with van der Waals surface area (Å²) in [5, 5.41) is 0. The minimum absolute atomic E-state index is 0.359. The van der Waals surface area contributed by atoms with Crippen LogP contribution in [0.2, 0.25) is 0 Å². The molecule has 21 heavy (non-hydrogen) atoms. The van der Waals surface area contributed by atoms with Gasteiger partial charge < -0.3 is 9.64 Å². The van der Waals surface area contributed by atoms with Crippen LogP contribution in [0.25, 0.3) is 0 Å². The van der Waals surface area contributed by atoms with Crippen LogP contribution in [0.3, 0.4) is 0 Å². The van der Waals surface area contributed by atoms with Crippen molar-refractivity contribution in [2.45, 2.75) is 44.1 Å². The van der Waals surface area contributed by atoms with Crippen molar-refractivity contribution in [3.05, 3.63) is 41.0 Å². The maximum absolute atomic E-state index is 5.52. The average molecular weight is 283 g/mol. The van der Waals surface area contributed by atoms with E-state index in [-0.39, 0.29) is 0 Å². The van der Waals surface area contributed by atoms with Gasteiger partial charge in [0.25, 0.3) is 0 Å². The lowest BCUT2D eigenvalue weighted by molar-refractivity contribution is 0.0268. The molecule has 0 radical (unpaired) electrons. The van der Waals surface area contributed by atoms with Gasteiger partial charge in [0.15, 0.2) is 0 Å². The highest BCUT2D eigenvalue weighted by Crippen LogP contribution is 2.55. The number of hydrogen-bond donors (Lipinski definition) is 0. The van der Waals surface area contributed by atoms with E-state index in [1.54, 1.807) is 23.8 Å². The lowest BCUT2D eigenvalue weighted by atomic mass is 9.53. The minimum atomic E-state index is 0.359. The van der Waals surface area contributed by atoms with Crippen LogP contribution < -0.4 is 4.74 Å². The van der Waals surface area contributed by atoms with E-state index >= 15 is 0 Å². The molecule has 0 unspecified atom stereocenters. The average Bonchev–Trinajstić information content (AvgIpc) is 2.50. The first-order chi connectivity index (χ1) is 10.1. The highest BCUT2D eigenvalue weighted by Gasteiger charge is 2.53. The molecule has 0 saturated carbocycles. The van der Waals surface area contributed by atoms with Gasteiger partial charge in [0.1, 0.15) is 5.75 Å². The summed E-state index contributed by atoms with van der Waals surface area (Å²) in [4.78, 5) is 2.60. The molecule has 2 aliphatic carbocycles. The molecule has 112 valence electrons. The zero-order valence-corrected chi connectivity index (χ0v) is 13.4. The van der Waals surface area contributed by atoms with Crippen LogP contribution in [0, 0.1) is 5.92 Å². The van der Waals surface area contributed by atoms with Gasteiger partial charge in [-0.05, 0) is 75.4 Å². The highest BCUT2D eigenvalue weighted by atomic mass is 16.5. The molecule has 1 heterocycles. The summed E-state index contributed by atoms with van der Waals surface area (Å²) in [5.41, 5.74) is 5.07. The molecular weight excluding hydrogens is 258 g/mol. The van der Waals surface area contributed by atoms with Gasteiger partial charge >= 0.3 is 0 Å². The van der Waals surface area contributed by atoms with Crippen molar-refractivity contribution in [1.82, 2.24) is 4.90 Å². The first-order valence-corrected chi connectivity index (χ1v) is 8.17. The molecule has 2 nitrogen and oxygen atoms in total. The van der Waals surface area contributed by atoms with Crippen LogP contribution >= 0.6 is 0 Å². The van der Waals surface area contributed by atoms with Gasteiger partial charge in [0.2, 0.25) is 0 Å². The van der Waals surface area contributed by atoms with Crippen LogP contribution in [-0.4, -0.2) is 31.6 Å². The molecule has 2 bridgehead atoms. The minimum Gasteiger partial charge on any atom is -0.497 e. The van der Waals surface area contributed by atoms with Crippen molar-refractivity contribution < 1.29 is 4.74 Å². The molecule has 2 heteroatoms. The van der Waals surface area contributed by atoms with E-state index in [0.717, 1.165) is 11.7 Å². The topological polar surface area (TPSA) is 12.5 Å². The van der Waals surface area contributed by atoms with Crippen LogP contribution in [0.4, 0.5) is 0 Å². The van der Waals surface area contributed by atoms with Crippen molar-refractivity contribution in [2.75, 3.05) is 20.7 Å². The molecule has 3 aliphatic rings. The monoisotopic (exact) mass is 283 g/mol. The quantitative estimate of drug-likeness (QED) is 0.731. The van der Waals surface area contributed by atoms with Gasteiger partial charge in [-0.15, -0.1) is 0 Å². The second-order valence-electron chi connectivity index (χ2n) is 7.25. The fraction of sp³-hybridized carbons (Fsp3) is 0.579. The molecule has 1 aromatic carbocycles. The van der Waals surface area contributed by atoms with Crippen LogP contribution in [0.5, 0.6) is 5.75 Å². The summed E-state index contributed by atoms with van der Waals surface area (Å²) in [5.74, 6) is 1.80. The van der Waals surface area contributed by atoms with E-state index in [1.165, 1.54) is 32.2 Å². The van der Waals surface area contributed by atoms with E-state index in [4.69, 9.17) is 4.74 Å². The standard InChI is InChI=1S/C19H25NO/c1-13-4-7-16-18-10-14-5-6-15(21-3)11-17(14)19(16,12-13)8-9-20(18)2/h4-6,11,16,18H,7-10,12H2,1-3H3/t16-,18-,19+/m0/s1. The molecule has 0 N–H and O–H groups in total. The molecule has 1 aromatic rings. The molecule has 0 amide bonds. The Labute approximate surface area is 127 Å². The van der Waals surface area contributed by atoms with Gasteiger partial charge in [0.05, 0.1) is 7.11 Å². The van der Waals surface area contributed by atoms with Gasteiger partial charge in [-0.3, -0.25) is 0 Å². The maximum Gasteiger partial charge on any atom is 0.119 e. The second-order valence-corrected chi connectivity index (χ2v) is 7.25. The Hall–Kier alpha value is -1.28. The summed E-state index contributed by atoms with van der Waals surface area (Å²) in [6, 6.07) is 7.50. The molecule has 3 atom stereocenters. The summed E-state index contributed by atoms with van der Waals surface area (Å²) >= 11 is 0. The van der Waals surface area contributed by atoms with Crippen molar-refractivity contribution in [1.29, 1.82) is 0 Å². The highest BCUT2D eigenvalue weighted by molar-refractivity contribution is 5.47. The van der Waals surface area contributed by atoms with Crippen LogP contribution in [0.15, 0.2) is 29.8 Å². The summed E-state index contributed by atoms with van der Waals surface area (Å²) < 4.78 is 5.52. The first-order valence-electron chi connectivity index (χ1n) is 8.17. The van der Waals surface area contributed by atoms with Crippen molar-refractivity contribution >= 4 is 0 Å². The SMILES string of the molecule is COc1ccc2c(c1)[C@@]13CCN(C)[C@@H](C2)[C@@H]1CC=C(C)C3. The smallest absolute Gasteiger partial charge is 0.119 e. The van der Waals surface area contributed by atoms with Crippen molar-refractivity contribution in [3.63, 3.8) is 0 Å². The molecule has 1 saturated heterocycles. The maximum atomic E-state index is 5.52. The number of methoxy groups -OCH3 is 1. The zero-order chi connectivity index (χ0) is 14.6. The fourth-order valence-electron chi connectivity index (χ4n) is 5.18. The third-order valence-corrected chi connectivity index (χ3v) is 6.25. The van der Waals surface area contributed by atoms with Crippen LogP contribution in [0.1, 0.15) is 37.3 Å². The number of rotatable bonds is 1. The van der Waals surface area contributed by atoms with Crippen LogP contribution in [-0.2, 0) is 11.8 Å². The summed E-state index contributed by atoms with van der Waals surface area (Å²) in [7, 11) is 4.09. The van der Waals surface area contributed by atoms with Gasteiger partial charge in [-0.1, -0.05) is 17.7 Å². The largest absolute Gasteiger partial charge is 0.497 e. The van der Waals surface area contributed by atoms with E-state index in [0.29, 0.717) is 11.5 Å². The number of likely N-dealkylation sites (tertiary alicyclic amines) is 1. The zero-order valence-electron chi connectivity index (χ0n) is 13.4. The molecule has 1 aliphatic heterocycles. The first kappa shape index (κ1) is 13.4. The van der Waals surface area contributed by atoms with E-state index in [9.17, 15) is 0 Å². The fourth-order valence-corrected chi connectivity index (χ4v) is 5.18. The lowest BCUT2D eigenvalue weighted by Gasteiger charge is -2.58. The van der Waals surface area contributed by atoms with Crippen molar-refractivity contribution in [3.8, 4) is 5.75 Å². The van der Waals surface area contributed by atoms with E-state index in [1.807, 2.05) is 0 Å². The number of likely N-dealkylation sites (N-methyl/N-ethyl adjacent to an activating group) is 1. The third kappa shape index (κ3) is 1.81. The number of benzene rings is 1. The Bertz CT molecular complexity index is 606. The number of nitrogens with zero attached hydrogens (tertiary/aromatic N) is 1. The number of ether oxygens (including phenoxy) is 1. The van der Waals surface area contributed by atoms with E-state index < -0.39 is 0 Å². The Balaban J connectivity index is 1.91. The Morgan fingerprint density at radius 1 is 1.33 bits per heavy atom. The summed E-state index contributed by atoms with van der Waals surface area (Å²) in [6.07, 6.45) is 7.46. The predicted molar refractivity (Wildman–Crippen MR) is 85.9 cm³/mol. The molecule has 4 rings (SSSR count). The number of hydrogen-bond acceptors (Lipinski definition) is 2. The van der Waals surface area contributed by atoms with E-state index in [2.05, 4.69) is 43.1 Å². The second kappa shape index (κ2) is 4.61. The predicted octanol–water partition coefficient (Wildman–Crippen LogP) is 3.55. The third-order valence-electron chi connectivity index (χ3n) is 6.25. The molecule has 0 spiro atoms. The Morgan fingerprint density at radius 3 is 3.00 bits per heavy atom. The Morgan fingerprint density at radius 2 is 2.19 bits per heavy atom. The van der Waals surface area contributed by atoms with Gasteiger partial charge in [0, 0.05) is 11.5 Å². The number of piperidine rings is 1. The van der Waals surface area contributed by atoms with Gasteiger partial charge in [-0.25, -0.2) is 0 Å². The number of fused-ring (bicyclic) bond motifs is 1. The lowest BCUT2D eigenvalue weighted by Crippen LogP contribution is -2.59. The van der Waals surface area contributed by atoms with Crippen molar-refractivity contribution in [2.24, 2.45) is 5.92 Å². The number of allylic oxidation sites excluding steroid dienone is 2. The molecule has 0 aromatic heterocycles. The molecule has 1 fully saturated rings. The Kier molecular flexibility index (Phi) is 2.94. The molecular formula is C19H25NO. The summed E-state index contributed by atoms with van der Waals surface area (Å²) in [6.45, 7) is 3.54.